The molecule has 0 fully saturated rings. The van der Waals surface area contributed by atoms with Crippen LogP contribution in [0.3, 0.4) is 0 Å². The molecule has 0 saturated carbocycles. The Hall–Kier alpha value is -1.10. The molecule has 0 heterocycles. The van der Waals surface area contributed by atoms with Crippen LogP contribution in [-0.2, 0) is 9.59 Å². The van der Waals surface area contributed by atoms with E-state index in [9.17, 15) is 9.59 Å². The fourth-order valence-electron chi connectivity index (χ4n) is 3.02. The van der Waals surface area contributed by atoms with Crippen LogP contribution >= 0.6 is 0 Å². The highest BCUT2D eigenvalue weighted by Crippen LogP contribution is 2.12. The lowest BCUT2D eigenvalue weighted by Gasteiger charge is -2.11. The molecule has 0 aromatic carbocycles. The molecule has 0 aliphatic carbocycles. The van der Waals surface area contributed by atoms with E-state index in [1.807, 2.05) is 0 Å². The standard InChI is InChI=1S/C20H39NO4/c1-2-3-4-5-6-7-8-9-10-11-12-13-14-15-16-21-18(20(24)25)17-19(22)23/h18,21H,2-17H2,1H3,(H,22,23)(H,24,25). The molecule has 3 N–H and O–H groups in total. The summed E-state index contributed by atoms with van der Waals surface area (Å²) in [4.78, 5) is 21.5. The van der Waals surface area contributed by atoms with E-state index < -0.39 is 18.0 Å². The van der Waals surface area contributed by atoms with Gasteiger partial charge in [-0.1, -0.05) is 90.4 Å². The zero-order valence-corrected chi connectivity index (χ0v) is 16.1. The highest BCUT2D eigenvalue weighted by molar-refractivity contribution is 5.80. The van der Waals surface area contributed by atoms with Gasteiger partial charge in [0.25, 0.3) is 0 Å². The van der Waals surface area contributed by atoms with Crippen LogP contribution in [-0.4, -0.2) is 34.7 Å². The van der Waals surface area contributed by atoms with Gasteiger partial charge in [-0.2, -0.15) is 0 Å². The van der Waals surface area contributed by atoms with Crippen molar-refractivity contribution in [1.29, 1.82) is 0 Å². The predicted molar refractivity (Wildman–Crippen MR) is 102 cm³/mol. The molecule has 1 atom stereocenters. The summed E-state index contributed by atoms with van der Waals surface area (Å²) in [6.07, 6.45) is 17.6. The fourth-order valence-corrected chi connectivity index (χ4v) is 3.02. The van der Waals surface area contributed by atoms with Crippen molar-refractivity contribution in [3.05, 3.63) is 0 Å². The van der Waals surface area contributed by atoms with Gasteiger partial charge in [0, 0.05) is 0 Å². The highest BCUT2D eigenvalue weighted by Gasteiger charge is 2.19. The number of carboxylic acids is 2. The summed E-state index contributed by atoms with van der Waals surface area (Å²) in [6, 6.07) is -0.973. The summed E-state index contributed by atoms with van der Waals surface area (Å²) >= 11 is 0. The fraction of sp³-hybridized carbons (Fsp3) is 0.900. The molecule has 25 heavy (non-hydrogen) atoms. The molecule has 0 aliphatic heterocycles. The first-order chi connectivity index (χ1) is 12.1. The van der Waals surface area contributed by atoms with E-state index in [4.69, 9.17) is 10.2 Å². The first kappa shape index (κ1) is 23.9. The summed E-state index contributed by atoms with van der Waals surface area (Å²) in [6.45, 7) is 2.82. The van der Waals surface area contributed by atoms with E-state index in [-0.39, 0.29) is 6.42 Å². The second-order valence-corrected chi connectivity index (χ2v) is 7.04. The first-order valence-corrected chi connectivity index (χ1v) is 10.3. The van der Waals surface area contributed by atoms with Gasteiger partial charge in [-0.15, -0.1) is 0 Å². The minimum atomic E-state index is -1.09. The quantitative estimate of drug-likeness (QED) is 0.284. The number of aliphatic carboxylic acids is 2. The number of unbranched alkanes of at least 4 members (excludes halogenated alkanes) is 13. The van der Waals surface area contributed by atoms with Gasteiger partial charge in [-0.3, -0.25) is 9.59 Å². The van der Waals surface area contributed by atoms with Gasteiger partial charge in [0.15, 0.2) is 0 Å². The second-order valence-electron chi connectivity index (χ2n) is 7.04. The van der Waals surface area contributed by atoms with Gasteiger partial charge < -0.3 is 15.5 Å². The molecule has 0 saturated heterocycles. The maximum absolute atomic E-state index is 10.9. The topological polar surface area (TPSA) is 86.6 Å². The second kappa shape index (κ2) is 17.7. The molecule has 5 nitrogen and oxygen atoms in total. The van der Waals surface area contributed by atoms with Gasteiger partial charge in [0.1, 0.15) is 6.04 Å². The number of hydrogen-bond donors (Lipinski definition) is 3. The minimum Gasteiger partial charge on any atom is -0.481 e. The summed E-state index contributed by atoms with van der Waals surface area (Å²) in [5.74, 6) is -2.17. The van der Waals surface area contributed by atoms with Crippen LogP contribution in [0.1, 0.15) is 103 Å². The zero-order chi connectivity index (χ0) is 18.8. The highest BCUT2D eigenvalue weighted by atomic mass is 16.4. The summed E-state index contributed by atoms with van der Waals surface area (Å²) in [7, 11) is 0. The molecule has 0 aliphatic rings. The molecule has 0 aromatic heterocycles. The Labute approximate surface area is 153 Å². The van der Waals surface area contributed by atoms with Gasteiger partial charge >= 0.3 is 11.9 Å². The number of hydrogen-bond acceptors (Lipinski definition) is 3. The molecule has 148 valence electrons. The van der Waals surface area contributed by atoms with Crippen LogP contribution in [0.4, 0.5) is 0 Å². The van der Waals surface area contributed by atoms with Crippen molar-refractivity contribution in [2.24, 2.45) is 0 Å². The third-order valence-electron chi connectivity index (χ3n) is 4.60. The molecule has 0 spiro atoms. The molecule has 0 radical (unpaired) electrons. The van der Waals surface area contributed by atoms with Crippen molar-refractivity contribution in [2.45, 2.75) is 109 Å². The molecule has 0 aromatic rings. The van der Waals surface area contributed by atoms with Crippen molar-refractivity contribution in [2.75, 3.05) is 6.54 Å². The van der Waals surface area contributed by atoms with Gasteiger partial charge in [0.2, 0.25) is 0 Å². The lowest BCUT2D eigenvalue weighted by Crippen LogP contribution is -2.39. The van der Waals surface area contributed by atoms with E-state index >= 15 is 0 Å². The van der Waals surface area contributed by atoms with Crippen LogP contribution in [0.25, 0.3) is 0 Å². The monoisotopic (exact) mass is 357 g/mol. The molecule has 0 bridgehead atoms. The van der Waals surface area contributed by atoms with Crippen LogP contribution in [0, 0.1) is 0 Å². The molecular weight excluding hydrogens is 318 g/mol. The third kappa shape index (κ3) is 17.5. The maximum Gasteiger partial charge on any atom is 0.321 e. The number of rotatable bonds is 19. The summed E-state index contributed by atoms with van der Waals surface area (Å²) in [5.41, 5.74) is 0. The van der Waals surface area contributed by atoms with E-state index in [0.29, 0.717) is 6.54 Å². The largest absolute Gasteiger partial charge is 0.481 e. The SMILES string of the molecule is CCCCCCCCCCCCCCCCNC(CC(=O)O)C(=O)O. The lowest BCUT2D eigenvalue weighted by molar-refractivity contribution is -0.145. The maximum atomic E-state index is 10.9. The van der Waals surface area contributed by atoms with Gasteiger partial charge in [0.05, 0.1) is 6.42 Å². The molecule has 0 amide bonds. The number of nitrogens with one attached hydrogen (secondary N) is 1. The molecule has 1 unspecified atom stereocenters. The van der Waals surface area contributed by atoms with Gasteiger partial charge in [-0.25, -0.2) is 0 Å². The smallest absolute Gasteiger partial charge is 0.321 e. The van der Waals surface area contributed by atoms with E-state index in [1.165, 1.54) is 77.0 Å². The van der Waals surface area contributed by atoms with Crippen LogP contribution in [0.2, 0.25) is 0 Å². The van der Waals surface area contributed by atoms with E-state index in [0.717, 1.165) is 12.8 Å². The van der Waals surface area contributed by atoms with Crippen molar-refractivity contribution in [3.8, 4) is 0 Å². The Morgan fingerprint density at radius 2 is 1.12 bits per heavy atom. The average molecular weight is 358 g/mol. The average Bonchev–Trinajstić information content (AvgIpc) is 2.56. The first-order valence-electron chi connectivity index (χ1n) is 10.3. The van der Waals surface area contributed by atoms with Crippen molar-refractivity contribution < 1.29 is 19.8 Å². The zero-order valence-electron chi connectivity index (χ0n) is 16.1. The molecule has 5 heteroatoms. The van der Waals surface area contributed by atoms with E-state index in [2.05, 4.69) is 12.2 Å². The Bertz CT molecular complexity index is 334. The van der Waals surface area contributed by atoms with Crippen LogP contribution in [0.15, 0.2) is 0 Å². The molecular formula is C20H39NO4. The Morgan fingerprint density at radius 1 is 0.720 bits per heavy atom. The van der Waals surface area contributed by atoms with E-state index in [1.54, 1.807) is 0 Å². The Balaban J connectivity index is 3.28. The number of carbonyl (C=O) groups is 2. The third-order valence-corrected chi connectivity index (χ3v) is 4.60. The Morgan fingerprint density at radius 3 is 1.48 bits per heavy atom. The predicted octanol–water partition coefficient (Wildman–Crippen LogP) is 4.99. The van der Waals surface area contributed by atoms with Crippen molar-refractivity contribution in [1.82, 2.24) is 5.32 Å². The van der Waals surface area contributed by atoms with Crippen LogP contribution in [0.5, 0.6) is 0 Å². The van der Waals surface area contributed by atoms with Gasteiger partial charge in [-0.05, 0) is 13.0 Å². The lowest BCUT2D eigenvalue weighted by atomic mass is 10.0. The van der Waals surface area contributed by atoms with Crippen LogP contribution < -0.4 is 5.32 Å². The Kier molecular flexibility index (Phi) is 16.9. The number of carboxylic acid groups (broad SMARTS) is 2. The van der Waals surface area contributed by atoms with Crippen molar-refractivity contribution >= 4 is 11.9 Å². The normalized spacial score (nSPS) is 12.2. The molecule has 0 rings (SSSR count). The minimum absolute atomic E-state index is 0.367. The summed E-state index contributed by atoms with van der Waals surface area (Å²) < 4.78 is 0. The van der Waals surface area contributed by atoms with Crippen molar-refractivity contribution in [3.63, 3.8) is 0 Å². The summed E-state index contributed by atoms with van der Waals surface area (Å²) in [5, 5.41) is 20.4.